The van der Waals surface area contributed by atoms with Crippen LogP contribution in [0.4, 0.5) is 16.2 Å². The Balaban J connectivity index is 1.32. The van der Waals surface area contributed by atoms with Gasteiger partial charge in [0.15, 0.2) is 5.82 Å². The van der Waals surface area contributed by atoms with E-state index >= 15 is 0 Å². The molecule has 194 valence electrons. The number of pyridine rings is 2. The van der Waals surface area contributed by atoms with Gasteiger partial charge in [0.2, 0.25) is 5.95 Å². The highest BCUT2D eigenvalue weighted by Crippen LogP contribution is 2.33. The van der Waals surface area contributed by atoms with Crippen LogP contribution in [0.15, 0.2) is 49.1 Å². The van der Waals surface area contributed by atoms with Crippen molar-refractivity contribution in [1.29, 1.82) is 0 Å². The number of nitrogens with one attached hydrogen (secondary N) is 1. The molecule has 1 N–H and O–H groups in total. The van der Waals surface area contributed by atoms with Gasteiger partial charge in [-0.05, 0) is 51.0 Å². The second kappa shape index (κ2) is 10.9. The molecular formula is C28H35FN8. The lowest BCUT2D eigenvalue weighted by Crippen LogP contribution is -2.48. The van der Waals surface area contributed by atoms with E-state index in [0.717, 1.165) is 55.7 Å². The van der Waals surface area contributed by atoms with Crippen molar-refractivity contribution in [2.45, 2.75) is 52.7 Å². The number of aromatic nitrogens is 5. The van der Waals surface area contributed by atoms with Crippen molar-refractivity contribution >= 4 is 22.8 Å². The number of fused-ring (bicyclic) bond motifs is 1. The standard InChI is InChI=1S/C28H35FN8/c1-5-20(4)37-18-23(22-7-6-10-30-27(22)37)26-24(29)16-32-28(34-26)33-25-9-8-21(15-31-25)17-35-11-13-36(14-12-35)19(2)3/h6-10,15-16,18-20H,5,11-14,17H2,1-4H3,(H,31,32,33,34). The molecule has 5 heterocycles. The first kappa shape index (κ1) is 25.2. The summed E-state index contributed by atoms with van der Waals surface area (Å²) in [5, 5.41) is 4.00. The van der Waals surface area contributed by atoms with Gasteiger partial charge in [-0.25, -0.2) is 24.3 Å². The smallest absolute Gasteiger partial charge is 0.229 e. The number of nitrogens with zero attached hydrogens (tertiary/aromatic N) is 7. The molecule has 1 unspecified atom stereocenters. The topological polar surface area (TPSA) is 75.0 Å². The third kappa shape index (κ3) is 5.47. The van der Waals surface area contributed by atoms with Crippen molar-refractivity contribution in [3.63, 3.8) is 0 Å². The minimum absolute atomic E-state index is 0.232. The Labute approximate surface area is 217 Å². The maximum atomic E-state index is 15.0. The first-order chi connectivity index (χ1) is 17.9. The molecule has 0 saturated carbocycles. The lowest BCUT2D eigenvalue weighted by atomic mass is 10.1. The van der Waals surface area contributed by atoms with E-state index in [2.05, 4.69) is 73.4 Å². The fourth-order valence-corrected chi connectivity index (χ4v) is 4.82. The van der Waals surface area contributed by atoms with Crippen LogP contribution in [0.2, 0.25) is 0 Å². The number of piperazine rings is 1. The zero-order chi connectivity index (χ0) is 25.9. The highest BCUT2D eigenvalue weighted by atomic mass is 19.1. The lowest BCUT2D eigenvalue weighted by molar-refractivity contribution is 0.104. The van der Waals surface area contributed by atoms with Gasteiger partial charge >= 0.3 is 0 Å². The van der Waals surface area contributed by atoms with Crippen molar-refractivity contribution in [1.82, 2.24) is 34.3 Å². The fourth-order valence-electron chi connectivity index (χ4n) is 4.82. The first-order valence-corrected chi connectivity index (χ1v) is 13.1. The predicted molar refractivity (Wildman–Crippen MR) is 145 cm³/mol. The molecule has 0 spiro atoms. The molecule has 1 saturated heterocycles. The second-order valence-electron chi connectivity index (χ2n) is 10.1. The molecule has 4 aromatic heterocycles. The van der Waals surface area contributed by atoms with E-state index in [0.29, 0.717) is 23.4 Å². The Hall–Kier alpha value is -3.43. The molecule has 0 radical (unpaired) electrons. The molecule has 5 rings (SSSR count). The van der Waals surface area contributed by atoms with E-state index in [1.807, 2.05) is 30.6 Å². The van der Waals surface area contributed by atoms with Gasteiger partial charge in [-0.2, -0.15) is 0 Å². The third-order valence-corrected chi connectivity index (χ3v) is 7.26. The van der Waals surface area contributed by atoms with Gasteiger partial charge in [0.25, 0.3) is 0 Å². The van der Waals surface area contributed by atoms with Crippen molar-refractivity contribution in [3.8, 4) is 11.3 Å². The Morgan fingerprint density at radius 2 is 1.81 bits per heavy atom. The summed E-state index contributed by atoms with van der Waals surface area (Å²) in [7, 11) is 0. The quantitative estimate of drug-likeness (QED) is 0.352. The summed E-state index contributed by atoms with van der Waals surface area (Å²) in [4.78, 5) is 22.8. The van der Waals surface area contributed by atoms with Crippen LogP contribution in [0.3, 0.4) is 0 Å². The summed E-state index contributed by atoms with van der Waals surface area (Å²) in [6.07, 6.45) is 7.73. The van der Waals surface area contributed by atoms with E-state index in [4.69, 9.17) is 0 Å². The second-order valence-corrected chi connectivity index (χ2v) is 10.1. The van der Waals surface area contributed by atoms with Crippen LogP contribution in [0.25, 0.3) is 22.3 Å². The van der Waals surface area contributed by atoms with Crippen molar-refractivity contribution < 1.29 is 4.39 Å². The number of anilines is 2. The fraction of sp³-hybridized carbons (Fsp3) is 0.429. The van der Waals surface area contributed by atoms with Crippen LogP contribution in [0.1, 0.15) is 45.7 Å². The number of hydrogen-bond acceptors (Lipinski definition) is 7. The van der Waals surface area contributed by atoms with Gasteiger partial charge in [-0.1, -0.05) is 13.0 Å². The SMILES string of the molecule is CCC(C)n1cc(-c2nc(Nc3ccc(CN4CCN(C(C)C)CC4)cn3)ncc2F)c2cccnc21. The molecule has 1 fully saturated rings. The van der Waals surface area contributed by atoms with Crippen LogP contribution in [0.5, 0.6) is 0 Å². The van der Waals surface area contributed by atoms with Gasteiger partial charge in [0.05, 0.1) is 6.20 Å². The van der Waals surface area contributed by atoms with E-state index < -0.39 is 5.82 Å². The van der Waals surface area contributed by atoms with Crippen molar-refractivity contribution in [2.24, 2.45) is 0 Å². The minimum atomic E-state index is -0.474. The van der Waals surface area contributed by atoms with Crippen LogP contribution >= 0.6 is 0 Å². The molecule has 0 bridgehead atoms. The highest BCUT2D eigenvalue weighted by molar-refractivity contribution is 5.93. The van der Waals surface area contributed by atoms with E-state index in [1.165, 1.54) is 6.20 Å². The Morgan fingerprint density at radius 1 is 1.00 bits per heavy atom. The van der Waals surface area contributed by atoms with Gasteiger partial charge in [-0.15, -0.1) is 0 Å². The van der Waals surface area contributed by atoms with Crippen molar-refractivity contribution in [2.75, 3.05) is 31.5 Å². The van der Waals surface area contributed by atoms with Crippen LogP contribution in [0, 0.1) is 5.82 Å². The predicted octanol–water partition coefficient (Wildman–Crippen LogP) is 5.27. The van der Waals surface area contributed by atoms with E-state index in [-0.39, 0.29) is 11.7 Å². The third-order valence-electron chi connectivity index (χ3n) is 7.26. The van der Waals surface area contributed by atoms with Gasteiger partial charge in [0, 0.05) is 74.3 Å². The summed E-state index contributed by atoms with van der Waals surface area (Å²) in [5.41, 5.74) is 2.93. The molecule has 1 aliphatic rings. The number of halogens is 1. The Bertz CT molecular complexity index is 1340. The average molecular weight is 503 g/mol. The molecule has 37 heavy (non-hydrogen) atoms. The van der Waals surface area contributed by atoms with Gasteiger partial charge < -0.3 is 9.88 Å². The largest absolute Gasteiger partial charge is 0.329 e. The first-order valence-electron chi connectivity index (χ1n) is 13.1. The van der Waals surface area contributed by atoms with E-state index in [1.54, 1.807) is 6.20 Å². The molecule has 0 aromatic carbocycles. The average Bonchev–Trinajstić information content (AvgIpc) is 3.30. The monoisotopic (exact) mass is 502 g/mol. The van der Waals surface area contributed by atoms with Crippen LogP contribution in [-0.2, 0) is 6.54 Å². The Morgan fingerprint density at radius 3 is 2.51 bits per heavy atom. The van der Waals surface area contributed by atoms with Crippen LogP contribution < -0.4 is 5.32 Å². The van der Waals surface area contributed by atoms with Gasteiger partial charge in [0.1, 0.15) is 17.2 Å². The van der Waals surface area contributed by atoms with Gasteiger partial charge in [-0.3, -0.25) is 9.80 Å². The Kier molecular flexibility index (Phi) is 7.43. The molecular weight excluding hydrogens is 467 g/mol. The summed E-state index contributed by atoms with van der Waals surface area (Å²) in [5.74, 6) is 0.447. The summed E-state index contributed by atoms with van der Waals surface area (Å²) in [6.45, 7) is 14.0. The maximum absolute atomic E-state index is 15.0. The maximum Gasteiger partial charge on any atom is 0.229 e. The van der Waals surface area contributed by atoms with Crippen molar-refractivity contribution in [3.05, 3.63) is 60.4 Å². The molecule has 8 nitrogen and oxygen atoms in total. The molecule has 0 aliphatic carbocycles. The normalized spacial score (nSPS) is 15.9. The number of rotatable bonds is 8. The summed E-state index contributed by atoms with van der Waals surface area (Å²) in [6, 6.07) is 8.63. The van der Waals surface area contributed by atoms with Crippen LogP contribution in [-0.4, -0.2) is 66.5 Å². The highest BCUT2D eigenvalue weighted by Gasteiger charge is 2.20. The lowest BCUT2D eigenvalue weighted by Gasteiger charge is -2.36. The number of hydrogen-bond donors (Lipinski definition) is 1. The van der Waals surface area contributed by atoms with E-state index in [9.17, 15) is 4.39 Å². The molecule has 0 amide bonds. The minimum Gasteiger partial charge on any atom is -0.329 e. The summed E-state index contributed by atoms with van der Waals surface area (Å²) < 4.78 is 17.0. The zero-order valence-corrected chi connectivity index (χ0v) is 22.0. The molecule has 4 aromatic rings. The molecule has 1 aliphatic heterocycles. The summed E-state index contributed by atoms with van der Waals surface area (Å²) >= 11 is 0. The molecule has 9 heteroatoms. The zero-order valence-electron chi connectivity index (χ0n) is 22.0. The molecule has 1 atom stereocenters.